The van der Waals surface area contributed by atoms with Crippen LogP contribution >= 0.6 is 0 Å². The lowest BCUT2D eigenvalue weighted by Gasteiger charge is -2.26. The maximum atomic E-state index is 12.4. The smallest absolute Gasteiger partial charge is 0.293 e. The molecular formula is C19H19N3O5. The summed E-state index contributed by atoms with van der Waals surface area (Å²) in [6.45, 7) is 0.560. The van der Waals surface area contributed by atoms with E-state index in [1.165, 1.54) is 6.07 Å². The van der Waals surface area contributed by atoms with Gasteiger partial charge in [-0.3, -0.25) is 14.9 Å². The number of ether oxygens (including phenoxy) is 2. The summed E-state index contributed by atoms with van der Waals surface area (Å²) in [4.78, 5) is 23.2. The molecule has 4 rings (SSSR count). The van der Waals surface area contributed by atoms with Gasteiger partial charge in [-0.25, -0.2) is 0 Å². The molecule has 140 valence electrons. The van der Waals surface area contributed by atoms with Crippen molar-refractivity contribution in [3.8, 4) is 11.5 Å². The van der Waals surface area contributed by atoms with E-state index in [0.717, 1.165) is 12.8 Å². The van der Waals surface area contributed by atoms with Crippen molar-refractivity contribution in [2.75, 3.05) is 18.5 Å². The molecule has 0 saturated heterocycles. The predicted octanol–water partition coefficient (Wildman–Crippen LogP) is 2.74. The lowest BCUT2D eigenvalue weighted by atomic mass is 10.1. The molecule has 0 aromatic heterocycles. The van der Waals surface area contributed by atoms with E-state index in [-0.39, 0.29) is 29.9 Å². The van der Waals surface area contributed by atoms with Crippen LogP contribution in [-0.2, 0) is 0 Å². The second-order valence-electron chi connectivity index (χ2n) is 6.62. The van der Waals surface area contributed by atoms with Crippen LogP contribution < -0.4 is 20.1 Å². The zero-order valence-corrected chi connectivity index (χ0v) is 14.5. The Hall–Kier alpha value is -3.29. The van der Waals surface area contributed by atoms with Gasteiger partial charge in [0.15, 0.2) is 11.5 Å². The number of benzene rings is 2. The lowest BCUT2D eigenvalue weighted by molar-refractivity contribution is -0.384. The van der Waals surface area contributed by atoms with Crippen LogP contribution in [0, 0.1) is 10.1 Å². The van der Waals surface area contributed by atoms with Gasteiger partial charge in [0.25, 0.3) is 11.6 Å². The largest absolute Gasteiger partial charge is 0.486 e. The van der Waals surface area contributed by atoms with Crippen molar-refractivity contribution in [1.29, 1.82) is 0 Å². The van der Waals surface area contributed by atoms with Gasteiger partial charge >= 0.3 is 0 Å². The van der Waals surface area contributed by atoms with Crippen LogP contribution in [0.5, 0.6) is 11.5 Å². The minimum atomic E-state index is -0.476. The topological polar surface area (TPSA) is 103 Å². The number of nitrogens with one attached hydrogen (secondary N) is 2. The molecule has 0 radical (unpaired) electrons. The first kappa shape index (κ1) is 17.1. The third-order valence-corrected chi connectivity index (χ3v) is 4.45. The van der Waals surface area contributed by atoms with Crippen molar-refractivity contribution in [1.82, 2.24) is 5.32 Å². The van der Waals surface area contributed by atoms with Gasteiger partial charge < -0.3 is 20.1 Å². The average molecular weight is 369 g/mol. The fourth-order valence-electron chi connectivity index (χ4n) is 2.87. The highest BCUT2D eigenvalue weighted by atomic mass is 16.6. The SMILES string of the molecule is O=C(NC[C@@H]1COc2ccccc2O1)c1ccc(NC2CC2)c([N+](=O)[O-])c1. The van der Waals surface area contributed by atoms with E-state index in [9.17, 15) is 14.9 Å². The van der Waals surface area contributed by atoms with Crippen LogP contribution in [0.3, 0.4) is 0 Å². The molecule has 8 nitrogen and oxygen atoms in total. The van der Waals surface area contributed by atoms with Gasteiger partial charge in [0.1, 0.15) is 18.4 Å². The van der Waals surface area contributed by atoms with Gasteiger partial charge in [-0.2, -0.15) is 0 Å². The zero-order chi connectivity index (χ0) is 18.8. The van der Waals surface area contributed by atoms with E-state index in [2.05, 4.69) is 10.6 Å². The molecule has 1 saturated carbocycles. The van der Waals surface area contributed by atoms with E-state index >= 15 is 0 Å². The molecule has 0 unspecified atom stereocenters. The summed E-state index contributed by atoms with van der Waals surface area (Å²) in [7, 11) is 0. The molecule has 0 spiro atoms. The Labute approximate surface area is 155 Å². The summed E-state index contributed by atoms with van der Waals surface area (Å²) in [5, 5.41) is 17.2. The molecule has 2 aliphatic rings. The van der Waals surface area contributed by atoms with Gasteiger partial charge in [-0.1, -0.05) is 12.1 Å². The molecule has 0 bridgehead atoms. The number of nitro benzene ring substituents is 1. The third kappa shape index (κ3) is 3.94. The number of amides is 1. The monoisotopic (exact) mass is 369 g/mol. The van der Waals surface area contributed by atoms with Crippen LogP contribution in [0.25, 0.3) is 0 Å². The van der Waals surface area contributed by atoms with E-state index in [1.54, 1.807) is 18.2 Å². The Balaban J connectivity index is 1.39. The minimum Gasteiger partial charge on any atom is -0.486 e. The minimum absolute atomic E-state index is 0.0965. The second-order valence-corrected chi connectivity index (χ2v) is 6.62. The average Bonchev–Trinajstić information content (AvgIpc) is 3.50. The standard InChI is InChI=1S/C19H19N3O5/c23-19(20-10-14-11-26-17-3-1-2-4-18(17)27-14)12-5-8-15(21-13-6-7-13)16(9-12)22(24)25/h1-5,8-9,13-14,21H,6-7,10-11H2,(H,20,23)/t14-/m1/s1. The zero-order valence-electron chi connectivity index (χ0n) is 14.5. The molecule has 2 N–H and O–H groups in total. The molecule has 1 amide bonds. The Morgan fingerprint density at radius 1 is 1.19 bits per heavy atom. The van der Waals surface area contributed by atoms with Gasteiger partial charge in [-0.05, 0) is 37.1 Å². The van der Waals surface area contributed by atoms with E-state index in [1.807, 2.05) is 18.2 Å². The van der Waals surface area contributed by atoms with Gasteiger partial charge in [-0.15, -0.1) is 0 Å². The number of hydrogen-bond acceptors (Lipinski definition) is 6. The highest BCUT2D eigenvalue weighted by Crippen LogP contribution is 2.32. The molecule has 2 aromatic rings. The fraction of sp³-hybridized carbons (Fsp3) is 0.316. The quantitative estimate of drug-likeness (QED) is 0.599. The van der Waals surface area contributed by atoms with Crippen molar-refractivity contribution in [2.45, 2.75) is 25.0 Å². The number of carbonyl (C=O) groups is 1. The van der Waals surface area contributed by atoms with Gasteiger partial charge in [0.2, 0.25) is 0 Å². The van der Waals surface area contributed by atoms with E-state index < -0.39 is 10.8 Å². The van der Waals surface area contributed by atoms with Crippen molar-refractivity contribution >= 4 is 17.3 Å². The van der Waals surface area contributed by atoms with Gasteiger partial charge in [0.05, 0.1) is 11.5 Å². The van der Waals surface area contributed by atoms with Crippen LogP contribution in [0.2, 0.25) is 0 Å². The molecule has 1 fully saturated rings. The molecule has 2 aromatic carbocycles. The molecular weight excluding hydrogens is 350 g/mol. The molecule has 8 heteroatoms. The summed E-state index contributed by atoms with van der Waals surface area (Å²) >= 11 is 0. The highest BCUT2D eigenvalue weighted by Gasteiger charge is 2.26. The number of para-hydroxylation sites is 2. The maximum Gasteiger partial charge on any atom is 0.293 e. The van der Waals surface area contributed by atoms with Crippen LogP contribution in [0.4, 0.5) is 11.4 Å². The Kier molecular flexibility index (Phi) is 4.53. The Morgan fingerprint density at radius 2 is 1.96 bits per heavy atom. The summed E-state index contributed by atoms with van der Waals surface area (Å²) in [5.41, 5.74) is 0.584. The van der Waals surface area contributed by atoms with Crippen molar-refractivity contribution in [3.05, 3.63) is 58.1 Å². The predicted molar refractivity (Wildman–Crippen MR) is 98.4 cm³/mol. The van der Waals surface area contributed by atoms with Crippen LogP contribution in [0.15, 0.2) is 42.5 Å². The first-order chi connectivity index (χ1) is 13.1. The number of hydrogen-bond donors (Lipinski definition) is 2. The molecule has 1 aliphatic carbocycles. The maximum absolute atomic E-state index is 12.4. The number of nitrogens with zero attached hydrogens (tertiary/aromatic N) is 1. The Bertz CT molecular complexity index is 881. The highest BCUT2D eigenvalue weighted by molar-refractivity contribution is 5.95. The Morgan fingerprint density at radius 3 is 2.70 bits per heavy atom. The fourth-order valence-corrected chi connectivity index (χ4v) is 2.87. The van der Waals surface area contributed by atoms with Crippen molar-refractivity contribution < 1.29 is 19.2 Å². The van der Waals surface area contributed by atoms with Crippen LogP contribution in [-0.4, -0.2) is 36.1 Å². The van der Waals surface area contributed by atoms with Crippen molar-refractivity contribution in [2.24, 2.45) is 0 Å². The number of nitro groups is 1. The summed E-state index contributed by atoms with van der Waals surface area (Å²) in [6.07, 6.45) is 1.69. The number of fused-ring (bicyclic) bond motifs is 1. The number of rotatable bonds is 6. The van der Waals surface area contributed by atoms with Crippen molar-refractivity contribution in [3.63, 3.8) is 0 Å². The second kappa shape index (κ2) is 7.14. The van der Waals surface area contributed by atoms with Gasteiger partial charge in [0, 0.05) is 17.7 Å². The third-order valence-electron chi connectivity index (χ3n) is 4.45. The molecule has 1 aliphatic heterocycles. The summed E-state index contributed by atoms with van der Waals surface area (Å²) in [5.74, 6) is 0.919. The van der Waals surface area contributed by atoms with Crippen LogP contribution in [0.1, 0.15) is 23.2 Å². The molecule has 1 atom stereocenters. The normalized spacial score (nSPS) is 17.9. The number of carbonyl (C=O) groups excluding carboxylic acids is 1. The van der Waals surface area contributed by atoms with E-state index in [0.29, 0.717) is 23.8 Å². The summed E-state index contributed by atoms with van der Waals surface area (Å²) in [6, 6.07) is 12.1. The summed E-state index contributed by atoms with van der Waals surface area (Å²) < 4.78 is 11.4. The molecule has 1 heterocycles. The molecule has 27 heavy (non-hydrogen) atoms. The van der Waals surface area contributed by atoms with E-state index in [4.69, 9.17) is 9.47 Å². The number of anilines is 1. The first-order valence-electron chi connectivity index (χ1n) is 8.82. The first-order valence-corrected chi connectivity index (χ1v) is 8.82. The lowest BCUT2D eigenvalue weighted by Crippen LogP contribution is -2.40.